The first-order valence-electron chi connectivity index (χ1n) is 9.85. The molecule has 5 nitrogen and oxygen atoms in total. The van der Waals surface area contributed by atoms with E-state index in [9.17, 15) is 13.2 Å². The van der Waals surface area contributed by atoms with E-state index in [1.165, 1.54) is 64.2 Å². The molecule has 0 atom stereocenters. The zero-order valence-electron chi connectivity index (χ0n) is 15.9. The van der Waals surface area contributed by atoms with Crippen molar-refractivity contribution >= 4 is 45.6 Å². The van der Waals surface area contributed by atoms with Gasteiger partial charge in [-0.3, -0.25) is 4.79 Å². The Bertz CT molecular complexity index is 441. The van der Waals surface area contributed by atoms with Crippen LogP contribution in [0.15, 0.2) is 12.7 Å². The fourth-order valence-corrected chi connectivity index (χ4v) is 3.51. The molecule has 0 heterocycles. The van der Waals surface area contributed by atoms with Crippen molar-refractivity contribution in [2.45, 2.75) is 96.8 Å². The third kappa shape index (κ3) is 20.4. The average molecular weight is 400 g/mol. The molecule has 0 aliphatic rings. The van der Waals surface area contributed by atoms with Crippen LogP contribution in [-0.4, -0.2) is 49.6 Å². The van der Waals surface area contributed by atoms with Crippen molar-refractivity contribution in [2.75, 3.05) is 5.75 Å². The van der Waals surface area contributed by atoms with Gasteiger partial charge in [-0.15, -0.1) is 4.28 Å². The summed E-state index contributed by atoms with van der Waals surface area (Å²) in [4.78, 5) is 10.8. The number of nitrogens with one attached hydrogen (secondary N) is 1. The van der Waals surface area contributed by atoms with E-state index >= 15 is 0 Å². The molecule has 0 bridgehead atoms. The van der Waals surface area contributed by atoms with E-state index in [0.29, 0.717) is 6.42 Å². The molecule has 26 heavy (non-hydrogen) atoms. The van der Waals surface area contributed by atoms with Crippen LogP contribution in [0.2, 0.25) is 0 Å². The first kappa shape index (κ1) is 28.3. The minimum atomic E-state index is -3.68. The predicted molar refractivity (Wildman–Crippen MR) is 111 cm³/mol. The van der Waals surface area contributed by atoms with E-state index in [1.54, 1.807) is 0 Å². The fourth-order valence-electron chi connectivity index (χ4n) is 2.66. The summed E-state index contributed by atoms with van der Waals surface area (Å²) in [5.74, 6) is -0.729. The van der Waals surface area contributed by atoms with Crippen LogP contribution >= 0.6 is 0 Å². The summed E-state index contributed by atoms with van der Waals surface area (Å²) in [5, 5.41) is 0. The SMILES string of the molecule is C=CC(=O)NOS(=O)(=O)CCCCCCCCCCCCCCCC.[NaH]. The summed E-state index contributed by atoms with van der Waals surface area (Å²) in [6.45, 7) is 5.46. The Balaban J connectivity index is 0. The summed E-state index contributed by atoms with van der Waals surface area (Å²) in [6.07, 6.45) is 18.0. The van der Waals surface area contributed by atoms with Crippen molar-refractivity contribution in [3.63, 3.8) is 0 Å². The molecule has 0 spiro atoms. The van der Waals surface area contributed by atoms with Gasteiger partial charge in [0.1, 0.15) is 0 Å². The Morgan fingerprint density at radius 2 is 1.23 bits per heavy atom. The van der Waals surface area contributed by atoms with E-state index in [1.807, 2.05) is 5.48 Å². The van der Waals surface area contributed by atoms with Gasteiger partial charge in [0.2, 0.25) is 0 Å². The van der Waals surface area contributed by atoms with Crippen LogP contribution in [0.1, 0.15) is 96.8 Å². The van der Waals surface area contributed by atoms with Crippen molar-refractivity contribution in [1.29, 1.82) is 0 Å². The number of hydrogen-bond acceptors (Lipinski definition) is 4. The van der Waals surface area contributed by atoms with Crippen molar-refractivity contribution in [3.8, 4) is 0 Å². The average Bonchev–Trinajstić information content (AvgIpc) is 2.60. The molecule has 1 amide bonds. The summed E-state index contributed by atoms with van der Waals surface area (Å²) >= 11 is 0. The van der Waals surface area contributed by atoms with Gasteiger partial charge in [0.25, 0.3) is 16.0 Å². The topological polar surface area (TPSA) is 72.5 Å². The van der Waals surface area contributed by atoms with E-state index in [-0.39, 0.29) is 35.3 Å². The Hall–Kier alpha value is 0.120. The normalized spacial score (nSPS) is 11.0. The van der Waals surface area contributed by atoms with Crippen LogP contribution in [0.3, 0.4) is 0 Å². The first-order valence-corrected chi connectivity index (χ1v) is 11.4. The summed E-state index contributed by atoms with van der Waals surface area (Å²) in [7, 11) is -3.68. The van der Waals surface area contributed by atoms with Gasteiger partial charge in [-0.1, -0.05) is 97.0 Å². The van der Waals surface area contributed by atoms with Gasteiger partial charge in [-0.2, -0.15) is 8.42 Å². The standard InChI is InChI=1S/C19H37NO4S.Na.H/c1-3-5-6-7-8-9-10-11-12-13-14-15-16-17-18-25(22,23)24-20-19(21)4-2;;/h4H,2-3,5-18H2,1H3,(H,20,21);;. The van der Waals surface area contributed by atoms with Gasteiger partial charge < -0.3 is 0 Å². The van der Waals surface area contributed by atoms with Gasteiger partial charge in [-0.05, 0) is 12.5 Å². The number of unbranched alkanes of at least 4 members (excludes halogenated alkanes) is 13. The van der Waals surface area contributed by atoms with Crippen molar-refractivity contribution < 1.29 is 17.5 Å². The van der Waals surface area contributed by atoms with Crippen LogP contribution in [0, 0.1) is 0 Å². The quantitative estimate of drug-likeness (QED) is 0.161. The first-order chi connectivity index (χ1) is 12.0. The number of carbonyl (C=O) groups is 1. The molecular weight excluding hydrogens is 361 g/mol. The van der Waals surface area contributed by atoms with Gasteiger partial charge in [-0.25, -0.2) is 5.48 Å². The zero-order valence-corrected chi connectivity index (χ0v) is 16.7. The molecule has 7 heteroatoms. The molecule has 0 aromatic heterocycles. The van der Waals surface area contributed by atoms with Gasteiger partial charge >= 0.3 is 29.6 Å². The number of carbonyl (C=O) groups excluding carboxylic acids is 1. The molecule has 0 saturated heterocycles. The van der Waals surface area contributed by atoms with Crippen LogP contribution in [0.4, 0.5) is 0 Å². The third-order valence-electron chi connectivity index (χ3n) is 4.20. The summed E-state index contributed by atoms with van der Waals surface area (Å²) in [5.41, 5.74) is 1.83. The van der Waals surface area contributed by atoms with E-state index in [0.717, 1.165) is 25.3 Å². The molecule has 0 aromatic carbocycles. The Morgan fingerprint density at radius 3 is 1.62 bits per heavy atom. The molecular formula is C19H38NNaO4S. The van der Waals surface area contributed by atoms with Crippen molar-refractivity contribution in [3.05, 3.63) is 12.7 Å². The Labute approximate surface area is 183 Å². The molecule has 0 unspecified atom stereocenters. The number of hydrogen-bond donors (Lipinski definition) is 1. The fraction of sp³-hybridized carbons (Fsp3) is 0.842. The number of amides is 1. The zero-order chi connectivity index (χ0) is 18.8. The van der Waals surface area contributed by atoms with Gasteiger partial charge in [0, 0.05) is 0 Å². The molecule has 0 aliphatic heterocycles. The van der Waals surface area contributed by atoms with E-state index < -0.39 is 16.0 Å². The second kappa shape index (κ2) is 19.9. The summed E-state index contributed by atoms with van der Waals surface area (Å²) < 4.78 is 27.4. The molecule has 0 radical (unpaired) electrons. The second-order valence-corrected chi connectivity index (χ2v) is 8.30. The molecule has 0 fully saturated rings. The number of rotatable bonds is 18. The molecule has 0 rings (SSSR count). The Kier molecular flexibility index (Phi) is 21.7. The van der Waals surface area contributed by atoms with E-state index in [2.05, 4.69) is 17.8 Å². The number of hydroxylamine groups is 1. The van der Waals surface area contributed by atoms with Gasteiger partial charge in [0.05, 0.1) is 5.75 Å². The molecule has 0 aliphatic carbocycles. The van der Waals surface area contributed by atoms with Crippen LogP contribution in [0.25, 0.3) is 0 Å². The van der Waals surface area contributed by atoms with Crippen LogP contribution in [0.5, 0.6) is 0 Å². The van der Waals surface area contributed by atoms with Crippen molar-refractivity contribution in [1.82, 2.24) is 5.48 Å². The molecule has 0 aromatic rings. The molecule has 1 N–H and O–H groups in total. The summed E-state index contributed by atoms with van der Waals surface area (Å²) in [6, 6.07) is 0. The maximum atomic E-state index is 11.5. The van der Waals surface area contributed by atoms with Gasteiger partial charge in [0.15, 0.2) is 0 Å². The second-order valence-electron chi connectivity index (χ2n) is 6.61. The minimum absolute atomic E-state index is 0. The van der Waals surface area contributed by atoms with E-state index in [4.69, 9.17) is 0 Å². The van der Waals surface area contributed by atoms with Crippen molar-refractivity contribution in [2.24, 2.45) is 0 Å². The monoisotopic (exact) mass is 399 g/mol. The Morgan fingerprint density at radius 1 is 0.846 bits per heavy atom. The maximum absolute atomic E-state index is 11.5. The molecule has 0 saturated carbocycles. The van der Waals surface area contributed by atoms with Crippen LogP contribution in [-0.2, 0) is 19.2 Å². The molecule has 150 valence electrons. The van der Waals surface area contributed by atoms with Crippen LogP contribution < -0.4 is 5.48 Å². The third-order valence-corrected chi connectivity index (χ3v) is 5.33. The predicted octanol–water partition coefficient (Wildman–Crippen LogP) is 4.38.